The van der Waals surface area contributed by atoms with Crippen LogP contribution < -0.4 is 15.2 Å². The van der Waals surface area contributed by atoms with Crippen LogP contribution in [0.3, 0.4) is 0 Å². The van der Waals surface area contributed by atoms with Crippen molar-refractivity contribution in [1.82, 2.24) is 4.72 Å². The van der Waals surface area contributed by atoms with E-state index in [-0.39, 0.29) is 15.5 Å². The second kappa shape index (κ2) is 8.50. The second-order valence-electron chi connectivity index (χ2n) is 6.97. The van der Waals surface area contributed by atoms with Crippen LogP contribution >= 0.6 is 0 Å². The Bertz CT molecular complexity index is 1350. The number of hydrogen-bond donors (Lipinski definition) is 3. The summed E-state index contributed by atoms with van der Waals surface area (Å²) in [6.07, 6.45) is 0. The monoisotopic (exact) mass is 459 g/mol. The zero-order valence-corrected chi connectivity index (χ0v) is 18.4. The van der Waals surface area contributed by atoms with Gasteiger partial charge in [-0.25, -0.2) is 31.5 Å². The van der Waals surface area contributed by atoms with E-state index in [1.54, 1.807) is 43.3 Å². The highest BCUT2D eigenvalue weighted by Crippen LogP contribution is 2.33. The number of aryl methyl sites for hydroxylation is 2. The Morgan fingerprint density at radius 3 is 2.10 bits per heavy atom. The predicted molar refractivity (Wildman–Crippen MR) is 119 cm³/mol. The fraction of sp³-hybridized carbons (Fsp3) is 0.0952. The Hall–Kier alpha value is -3.21. The molecule has 31 heavy (non-hydrogen) atoms. The molecule has 10 heteroatoms. The lowest BCUT2D eigenvalue weighted by Gasteiger charge is -2.16. The minimum Gasteiger partial charge on any atom is -0.305 e. The van der Waals surface area contributed by atoms with Crippen LogP contribution in [0.2, 0.25) is 0 Å². The third-order valence-corrected chi connectivity index (χ3v) is 6.76. The Morgan fingerprint density at radius 1 is 0.839 bits per heavy atom. The molecule has 8 nitrogen and oxygen atoms in total. The van der Waals surface area contributed by atoms with Gasteiger partial charge in [-0.2, -0.15) is 0 Å². The van der Waals surface area contributed by atoms with Gasteiger partial charge in [-0.3, -0.25) is 0 Å². The zero-order chi connectivity index (χ0) is 22.8. The molecule has 0 spiro atoms. The SMILES string of the molecule is Cc1ccc(S(=O)(=O)NC(=O)Nc2c(-c3cccc(C)c3)cccc2S(N)(=O)=O)cc1. The number of nitrogens with one attached hydrogen (secondary N) is 2. The van der Waals surface area contributed by atoms with Crippen molar-refractivity contribution >= 4 is 31.8 Å². The van der Waals surface area contributed by atoms with Gasteiger partial charge in [-0.15, -0.1) is 0 Å². The van der Waals surface area contributed by atoms with Crippen molar-refractivity contribution in [3.8, 4) is 11.1 Å². The molecule has 0 atom stereocenters. The number of primary sulfonamides is 1. The van der Waals surface area contributed by atoms with Gasteiger partial charge in [-0.1, -0.05) is 59.7 Å². The summed E-state index contributed by atoms with van der Waals surface area (Å²) in [4.78, 5) is 12.1. The summed E-state index contributed by atoms with van der Waals surface area (Å²) in [5.74, 6) is 0. The predicted octanol–water partition coefficient (Wildman–Crippen LogP) is 3.13. The van der Waals surface area contributed by atoms with Crippen molar-refractivity contribution in [2.24, 2.45) is 5.14 Å². The first-order chi connectivity index (χ1) is 14.5. The molecular weight excluding hydrogens is 438 g/mol. The van der Waals surface area contributed by atoms with Crippen LogP contribution in [0.25, 0.3) is 11.1 Å². The number of sulfonamides is 2. The van der Waals surface area contributed by atoms with E-state index in [1.807, 2.05) is 17.7 Å². The highest BCUT2D eigenvalue weighted by molar-refractivity contribution is 7.90. The molecule has 0 radical (unpaired) electrons. The largest absolute Gasteiger partial charge is 0.333 e. The highest BCUT2D eigenvalue weighted by atomic mass is 32.2. The lowest BCUT2D eigenvalue weighted by molar-refractivity contribution is 0.256. The first-order valence-corrected chi connectivity index (χ1v) is 12.1. The molecule has 0 unspecified atom stereocenters. The van der Waals surface area contributed by atoms with E-state index in [9.17, 15) is 21.6 Å². The number of carbonyl (C=O) groups is 1. The molecule has 0 fully saturated rings. The maximum atomic E-state index is 12.6. The highest BCUT2D eigenvalue weighted by Gasteiger charge is 2.23. The van der Waals surface area contributed by atoms with Crippen LogP contribution in [0.15, 0.2) is 76.5 Å². The van der Waals surface area contributed by atoms with Gasteiger partial charge in [0.25, 0.3) is 10.0 Å². The molecule has 0 aliphatic carbocycles. The summed E-state index contributed by atoms with van der Waals surface area (Å²) in [6.45, 7) is 3.66. The molecule has 0 saturated heterocycles. The van der Waals surface area contributed by atoms with Crippen molar-refractivity contribution in [3.05, 3.63) is 77.9 Å². The average molecular weight is 460 g/mol. The third kappa shape index (κ3) is 5.29. The number of hydrogen-bond acceptors (Lipinski definition) is 5. The van der Waals surface area contributed by atoms with Crippen LogP contribution in [0.4, 0.5) is 10.5 Å². The van der Waals surface area contributed by atoms with Gasteiger partial charge in [-0.05, 0) is 37.6 Å². The van der Waals surface area contributed by atoms with E-state index in [0.29, 0.717) is 11.1 Å². The quantitative estimate of drug-likeness (QED) is 0.539. The van der Waals surface area contributed by atoms with Gasteiger partial charge >= 0.3 is 6.03 Å². The van der Waals surface area contributed by atoms with Gasteiger partial charge in [0, 0.05) is 5.56 Å². The fourth-order valence-corrected chi connectivity index (χ4v) is 4.61. The van der Waals surface area contributed by atoms with E-state index >= 15 is 0 Å². The number of nitrogens with two attached hydrogens (primary N) is 1. The van der Waals surface area contributed by atoms with Crippen LogP contribution in [0, 0.1) is 13.8 Å². The van der Waals surface area contributed by atoms with E-state index in [2.05, 4.69) is 5.32 Å². The summed E-state index contributed by atoms with van der Waals surface area (Å²) in [5, 5.41) is 7.68. The molecule has 3 rings (SSSR count). The number of amides is 2. The minimum absolute atomic E-state index is 0.105. The summed E-state index contributed by atoms with van der Waals surface area (Å²) < 4.78 is 51.1. The molecule has 0 aliphatic heterocycles. The maximum absolute atomic E-state index is 12.6. The maximum Gasteiger partial charge on any atom is 0.333 e. The number of urea groups is 1. The van der Waals surface area contributed by atoms with E-state index in [0.717, 1.165) is 11.1 Å². The molecule has 0 aromatic heterocycles. The molecule has 3 aromatic carbocycles. The Kier molecular flexibility index (Phi) is 6.16. The fourth-order valence-electron chi connectivity index (χ4n) is 2.99. The smallest absolute Gasteiger partial charge is 0.305 e. The summed E-state index contributed by atoms with van der Waals surface area (Å²) in [5.41, 5.74) is 2.65. The second-order valence-corrected chi connectivity index (χ2v) is 10.2. The van der Waals surface area contributed by atoms with E-state index in [4.69, 9.17) is 5.14 Å². The van der Waals surface area contributed by atoms with E-state index < -0.39 is 26.1 Å². The Morgan fingerprint density at radius 2 is 1.48 bits per heavy atom. The normalized spacial score (nSPS) is 11.7. The third-order valence-electron chi connectivity index (χ3n) is 4.46. The topological polar surface area (TPSA) is 135 Å². The van der Waals surface area contributed by atoms with Crippen LogP contribution in [0.1, 0.15) is 11.1 Å². The lowest BCUT2D eigenvalue weighted by Crippen LogP contribution is -2.35. The minimum atomic E-state index is -4.21. The van der Waals surface area contributed by atoms with Crippen molar-refractivity contribution < 1.29 is 21.6 Å². The summed E-state index contributed by atoms with van der Waals surface area (Å²) in [7, 11) is -8.38. The average Bonchev–Trinajstić information content (AvgIpc) is 2.67. The lowest BCUT2D eigenvalue weighted by atomic mass is 10.0. The number of rotatable bonds is 5. The summed E-state index contributed by atoms with van der Waals surface area (Å²) in [6, 6.07) is 16.3. The standard InChI is InChI=1S/C21H21N3O5S2/c1-14-9-11-17(12-10-14)31(28,29)24-21(25)23-20-18(16-6-3-5-15(2)13-16)7-4-8-19(20)30(22,26)27/h3-13H,1-2H3,(H2,22,26,27)(H2,23,24,25). The van der Waals surface area contributed by atoms with Crippen LogP contribution in [0.5, 0.6) is 0 Å². The van der Waals surface area contributed by atoms with Gasteiger partial charge in [0.1, 0.15) is 4.90 Å². The van der Waals surface area contributed by atoms with Crippen LogP contribution in [-0.4, -0.2) is 22.9 Å². The van der Waals surface area contributed by atoms with E-state index in [1.165, 1.54) is 24.3 Å². The van der Waals surface area contributed by atoms with Crippen molar-refractivity contribution in [1.29, 1.82) is 0 Å². The molecule has 3 aromatic rings. The Balaban J connectivity index is 2.01. The number of carbonyl (C=O) groups excluding carboxylic acids is 1. The van der Waals surface area contributed by atoms with Gasteiger partial charge in [0.15, 0.2) is 0 Å². The molecule has 0 aliphatic rings. The van der Waals surface area contributed by atoms with Gasteiger partial charge < -0.3 is 5.32 Å². The molecule has 0 heterocycles. The first kappa shape index (κ1) is 22.5. The van der Waals surface area contributed by atoms with Gasteiger partial charge in [0.2, 0.25) is 10.0 Å². The van der Waals surface area contributed by atoms with Crippen molar-refractivity contribution in [2.75, 3.05) is 5.32 Å². The van der Waals surface area contributed by atoms with Crippen molar-refractivity contribution in [3.63, 3.8) is 0 Å². The van der Waals surface area contributed by atoms with Crippen molar-refractivity contribution in [2.45, 2.75) is 23.6 Å². The molecule has 0 saturated carbocycles. The molecule has 0 bridgehead atoms. The number of benzene rings is 3. The first-order valence-electron chi connectivity index (χ1n) is 9.11. The molecule has 2 amide bonds. The number of para-hydroxylation sites is 1. The summed E-state index contributed by atoms with van der Waals surface area (Å²) >= 11 is 0. The van der Waals surface area contributed by atoms with Gasteiger partial charge in [0.05, 0.1) is 10.6 Å². The molecule has 4 N–H and O–H groups in total. The van der Waals surface area contributed by atoms with Crippen LogP contribution in [-0.2, 0) is 20.0 Å². The molecular formula is C21H21N3O5S2. The molecule has 162 valence electrons. The number of anilines is 1. The zero-order valence-electron chi connectivity index (χ0n) is 16.8. The Labute approximate surface area is 181 Å².